The first kappa shape index (κ1) is 30.8. The van der Waals surface area contributed by atoms with E-state index in [-0.39, 0.29) is 11.2 Å². The maximum Gasteiger partial charge on any atom is 0.320 e. The van der Waals surface area contributed by atoms with Crippen molar-refractivity contribution < 1.29 is 9.84 Å². The van der Waals surface area contributed by atoms with Crippen LogP contribution >= 0.6 is 0 Å². The Balaban J connectivity index is 1.22. The number of aromatic nitrogens is 3. The van der Waals surface area contributed by atoms with Gasteiger partial charge in [-0.15, -0.1) is 0 Å². The average molecular weight is 600 g/mol. The highest BCUT2D eigenvalue weighted by atomic mass is 16.5. The first-order chi connectivity index (χ1) is 22.0. The van der Waals surface area contributed by atoms with Crippen LogP contribution in [0.3, 0.4) is 0 Å². The molecule has 1 aliphatic rings. The van der Waals surface area contributed by atoms with Crippen molar-refractivity contribution in [2.24, 2.45) is 0 Å². The van der Waals surface area contributed by atoms with Gasteiger partial charge in [-0.05, 0) is 69.8 Å². The van der Waals surface area contributed by atoms with Crippen molar-refractivity contribution in [1.29, 1.82) is 0 Å². The molecule has 0 fully saturated rings. The van der Waals surface area contributed by atoms with Gasteiger partial charge in [0.15, 0.2) is 11.6 Å². The average Bonchev–Trinajstić information content (AvgIpc) is 3.27. The monoisotopic (exact) mass is 599 g/mol. The molecule has 0 aliphatic heterocycles. The molecule has 0 saturated carbocycles. The molecule has 1 N–H and O–H groups in total. The fourth-order valence-electron chi connectivity index (χ4n) is 6.65. The Morgan fingerprint density at radius 3 is 1.96 bits per heavy atom. The molecule has 232 valence electrons. The Morgan fingerprint density at radius 2 is 1.22 bits per heavy atom. The number of phenolic OH excluding ortho intramolecular Hbond substituents is 1. The summed E-state index contributed by atoms with van der Waals surface area (Å²) in [4.78, 5) is 14.3. The molecule has 0 atom stereocenters. The lowest BCUT2D eigenvalue weighted by molar-refractivity contribution is 0.281. The summed E-state index contributed by atoms with van der Waals surface area (Å²) in [6.07, 6.45) is 12.7. The van der Waals surface area contributed by atoms with E-state index >= 15 is 0 Å². The summed E-state index contributed by atoms with van der Waals surface area (Å²) in [5.74, 6) is 1.08. The van der Waals surface area contributed by atoms with E-state index in [9.17, 15) is 5.11 Å². The molecule has 0 bridgehead atoms. The van der Waals surface area contributed by atoms with Crippen LogP contribution in [0, 0.1) is 0 Å². The molecule has 0 spiro atoms. The van der Waals surface area contributed by atoms with Crippen LogP contribution in [-0.2, 0) is 5.41 Å². The van der Waals surface area contributed by atoms with Gasteiger partial charge in [-0.1, -0.05) is 127 Å². The number of para-hydroxylation sites is 1. The number of unbranched alkanes of at least 4 members (excludes halogenated alkanes) is 9. The SMILES string of the molecule is CCCCCCCCCCCCOc1nc(-c2ccc3c(c2)C(C)(C)c2cc4ccccc4cc2-3)nc(-c2ccccc2O)n1. The minimum Gasteiger partial charge on any atom is -0.507 e. The van der Waals surface area contributed by atoms with Gasteiger partial charge in [0.1, 0.15) is 5.75 Å². The molecule has 0 unspecified atom stereocenters. The second-order valence-electron chi connectivity index (χ2n) is 12.9. The van der Waals surface area contributed by atoms with Crippen molar-refractivity contribution in [2.75, 3.05) is 6.61 Å². The zero-order valence-electron chi connectivity index (χ0n) is 27.0. The summed E-state index contributed by atoms with van der Waals surface area (Å²) in [5, 5.41) is 13.1. The lowest BCUT2D eigenvalue weighted by Gasteiger charge is -2.22. The number of benzene rings is 4. The molecule has 5 aromatic rings. The Bertz CT molecular complexity index is 1780. The lowest BCUT2D eigenvalue weighted by atomic mass is 9.81. The third-order valence-electron chi connectivity index (χ3n) is 9.29. The molecule has 0 amide bonds. The summed E-state index contributed by atoms with van der Waals surface area (Å²) >= 11 is 0. The van der Waals surface area contributed by atoms with Crippen LogP contribution in [0.4, 0.5) is 0 Å². The van der Waals surface area contributed by atoms with Gasteiger partial charge in [-0.2, -0.15) is 9.97 Å². The third kappa shape index (κ3) is 6.73. The van der Waals surface area contributed by atoms with E-state index in [1.54, 1.807) is 12.1 Å². The van der Waals surface area contributed by atoms with Gasteiger partial charge >= 0.3 is 6.01 Å². The normalized spacial score (nSPS) is 13.1. The minimum atomic E-state index is -0.174. The molecular weight excluding hydrogens is 554 g/mol. The van der Waals surface area contributed by atoms with E-state index in [0.29, 0.717) is 29.8 Å². The number of phenols is 1. The number of rotatable bonds is 14. The third-order valence-corrected chi connectivity index (χ3v) is 9.29. The van der Waals surface area contributed by atoms with Gasteiger partial charge in [0.25, 0.3) is 0 Å². The molecule has 1 heterocycles. The summed E-state index contributed by atoms with van der Waals surface area (Å²) in [5.41, 5.74) is 6.41. The largest absolute Gasteiger partial charge is 0.507 e. The van der Waals surface area contributed by atoms with Crippen LogP contribution in [0.2, 0.25) is 0 Å². The van der Waals surface area contributed by atoms with Crippen molar-refractivity contribution in [2.45, 2.75) is 90.4 Å². The van der Waals surface area contributed by atoms with Crippen molar-refractivity contribution in [1.82, 2.24) is 15.0 Å². The smallest absolute Gasteiger partial charge is 0.320 e. The fourth-order valence-corrected chi connectivity index (χ4v) is 6.65. The van der Waals surface area contributed by atoms with Crippen molar-refractivity contribution in [3.8, 4) is 45.7 Å². The second-order valence-corrected chi connectivity index (χ2v) is 12.9. The van der Waals surface area contributed by atoms with Gasteiger partial charge in [0.2, 0.25) is 0 Å². The van der Waals surface area contributed by atoms with Crippen LogP contribution in [0.15, 0.2) is 78.9 Å². The number of nitrogens with zero attached hydrogens (tertiary/aromatic N) is 3. The molecule has 1 aliphatic carbocycles. The maximum atomic E-state index is 10.6. The number of fused-ring (bicyclic) bond motifs is 4. The van der Waals surface area contributed by atoms with Gasteiger partial charge in [0.05, 0.1) is 12.2 Å². The van der Waals surface area contributed by atoms with Crippen LogP contribution in [0.5, 0.6) is 11.8 Å². The molecule has 5 heteroatoms. The van der Waals surface area contributed by atoms with Gasteiger partial charge < -0.3 is 9.84 Å². The summed E-state index contributed by atoms with van der Waals surface area (Å²) in [6.45, 7) is 7.40. The highest BCUT2D eigenvalue weighted by molar-refractivity contribution is 5.94. The van der Waals surface area contributed by atoms with Crippen molar-refractivity contribution in [3.63, 3.8) is 0 Å². The van der Waals surface area contributed by atoms with Crippen molar-refractivity contribution in [3.05, 3.63) is 90.0 Å². The zero-order chi connectivity index (χ0) is 31.2. The molecule has 0 radical (unpaired) electrons. The van der Waals surface area contributed by atoms with Crippen LogP contribution < -0.4 is 4.74 Å². The van der Waals surface area contributed by atoms with Crippen LogP contribution in [0.1, 0.15) is 96.1 Å². The predicted molar refractivity (Wildman–Crippen MR) is 185 cm³/mol. The zero-order valence-corrected chi connectivity index (χ0v) is 27.0. The Kier molecular flexibility index (Phi) is 9.44. The first-order valence-corrected chi connectivity index (χ1v) is 16.8. The predicted octanol–water partition coefficient (Wildman–Crippen LogP) is 10.7. The maximum absolute atomic E-state index is 10.6. The summed E-state index contributed by atoms with van der Waals surface area (Å²) < 4.78 is 6.13. The summed E-state index contributed by atoms with van der Waals surface area (Å²) in [7, 11) is 0. The molecule has 45 heavy (non-hydrogen) atoms. The Morgan fingerprint density at radius 1 is 0.600 bits per heavy atom. The molecular formula is C40H45N3O2. The number of ether oxygens (including phenoxy) is 1. The molecule has 6 rings (SSSR count). The quantitative estimate of drug-likeness (QED) is 0.129. The highest BCUT2D eigenvalue weighted by Crippen LogP contribution is 2.50. The van der Waals surface area contributed by atoms with Crippen molar-refractivity contribution >= 4 is 10.8 Å². The number of aromatic hydroxyl groups is 1. The molecule has 1 aromatic heterocycles. The highest BCUT2D eigenvalue weighted by Gasteiger charge is 2.36. The molecule has 4 aromatic carbocycles. The lowest BCUT2D eigenvalue weighted by Crippen LogP contribution is -2.15. The number of hydrogen-bond donors (Lipinski definition) is 1. The van der Waals surface area contributed by atoms with Crippen LogP contribution in [-0.4, -0.2) is 26.7 Å². The molecule has 0 saturated heterocycles. The van der Waals surface area contributed by atoms with E-state index in [4.69, 9.17) is 14.7 Å². The first-order valence-electron chi connectivity index (χ1n) is 16.8. The Labute approximate surface area is 267 Å². The number of hydrogen-bond acceptors (Lipinski definition) is 5. The van der Waals surface area contributed by atoms with E-state index in [2.05, 4.69) is 80.4 Å². The van der Waals surface area contributed by atoms with Gasteiger partial charge in [0, 0.05) is 11.0 Å². The second kappa shape index (κ2) is 13.8. The topological polar surface area (TPSA) is 68.1 Å². The fraction of sp³-hybridized carbons (Fsp3) is 0.375. The van der Waals surface area contributed by atoms with E-state index in [0.717, 1.165) is 18.4 Å². The van der Waals surface area contributed by atoms with Gasteiger partial charge in [-0.25, -0.2) is 4.98 Å². The van der Waals surface area contributed by atoms with E-state index in [1.165, 1.54) is 84.4 Å². The van der Waals surface area contributed by atoms with Gasteiger partial charge in [-0.3, -0.25) is 0 Å². The van der Waals surface area contributed by atoms with Crippen LogP contribution in [0.25, 0.3) is 44.7 Å². The van der Waals surface area contributed by atoms with E-state index < -0.39 is 0 Å². The molecule has 5 nitrogen and oxygen atoms in total. The Hall–Kier alpha value is -4.25. The standard InChI is InChI=1S/C40H45N3O2/c1-4-5-6-7-8-9-10-11-12-17-24-45-39-42-37(41-38(43-39)32-20-15-16-21-36(32)44)30-22-23-31-33-25-28-18-13-14-19-29(28)26-35(33)40(2,3)34(31)27-30/h13-16,18-23,25-27,44H,4-12,17,24H2,1-3H3. The minimum absolute atomic E-state index is 0.132. The van der Waals surface area contributed by atoms with E-state index in [1.807, 2.05) is 12.1 Å². The summed E-state index contributed by atoms with van der Waals surface area (Å²) in [6, 6.07) is 27.2.